The van der Waals surface area contributed by atoms with E-state index in [2.05, 4.69) is 30.5 Å². The largest absolute Gasteiger partial charge is 0.493 e. The summed E-state index contributed by atoms with van der Waals surface area (Å²) in [6.45, 7) is 5.64. The van der Waals surface area contributed by atoms with Crippen LogP contribution in [-0.4, -0.2) is 80.6 Å². The SMILES string of the molecule is COc1cc(Nc2nccc(-c3ccc(NCCCN4CCOCC4)nc3)n2)cc(OC)c1OC. The van der Waals surface area contributed by atoms with Crippen LogP contribution in [0.25, 0.3) is 11.3 Å². The molecule has 1 aliphatic rings. The van der Waals surface area contributed by atoms with Crippen LogP contribution < -0.4 is 24.8 Å². The van der Waals surface area contributed by atoms with Gasteiger partial charge in [-0.25, -0.2) is 15.0 Å². The zero-order chi connectivity index (χ0) is 24.5. The minimum atomic E-state index is 0.446. The molecule has 1 fully saturated rings. The molecule has 3 aromatic rings. The number of morpholine rings is 1. The minimum absolute atomic E-state index is 0.446. The van der Waals surface area contributed by atoms with Crippen molar-refractivity contribution in [2.24, 2.45) is 0 Å². The first-order valence-corrected chi connectivity index (χ1v) is 11.6. The molecule has 3 heterocycles. The number of anilines is 3. The lowest BCUT2D eigenvalue weighted by molar-refractivity contribution is 0.0378. The van der Waals surface area contributed by atoms with E-state index in [1.807, 2.05) is 24.4 Å². The Balaban J connectivity index is 1.37. The van der Waals surface area contributed by atoms with Gasteiger partial charge in [0.2, 0.25) is 11.7 Å². The van der Waals surface area contributed by atoms with Crippen molar-refractivity contribution in [2.75, 3.05) is 71.4 Å². The van der Waals surface area contributed by atoms with Crippen LogP contribution in [0.2, 0.25) is 0 Å². The molecule has 0 bridgehead atoms. The summed E-state index contributed by atoms with van der Waals surface area (Å²) >= 11 is 0. The average Bonchev–Trinajstić information content (AvgIpc) is 2.91. The summed E-state index contributed by atoms with van der Waals surface area (Å²) < 4.78 is 21.6. The molecule has 1 aliphatic heterocycles. The van der Waals surface area contributed by atoms with E-state index in [0.29, 0.717) is 28.9 Å². The number of hydrogen-bond donors (Lipinski definition) is 2. The molecule has 0 radical (unpaired) electrons. The van der Waals surface area contributed by atoms with Crippen molar-refractivity contribution in [3.8, 4) is 28.5 Å². The zero-order valence-electron chi connectivity index (χ0n) is 20.4. The highest BCUT2D eigenvalue weighted by Gasteiger charge is 2.14. The molecule has 0 saturated carbocycles. The van der Waals surface area contributed by atoms with Gasteiger partial charge in [-0.05, 0) is 31.2 Å². The maximum atomic E-state index is 5.42. The second-order valence-electron chi connectivity index (χ2n) is 7.97. The van der Waals surface area contributed by atoms with E-state index in [9.17, 15) is 0 Å². The fraction of sp³-hybridized carbons (Fsp3) is 0.400. The Kier molecular flexibility index (Phi) is 8.53. The molecule has 0 atom stereocenters. The Morgan fingerprint density at radius 2 is 1.74 bits per heavy atom. The van der Waals surface area contributed by atoms with Gasteiger partial charge in [0.05, 0.1) is 40.2 Å². The maximum Gasteiger partial charge on any atom is 0.227 e. The number of methoxy groups -OCH3 is 3. The molecule has 4 rings (SSSR count). The van der Waals surface area contributed by atoms with Crippen molar-refractivity contribution in [3.05, 3.63) is 42.7 Å². The van der Waals surface area contributed by atoms with Crippen molar-refractivity contribution in [2.45, 2.75) is 6.42 Å². The van der Waals surface area contributed by atoms with Crippen LogP contribution in [-0.2, 0) is 4.74 Å². The van der Waals surface area contributed by atoms with Crippen molar-refractivity contribution >= 4 is 17.5 Å². The van der Waals surface area contributed by atoms with Gasteiger partial charge in [0.25, 0.3) is 0 Å². The van der Waals surface area contributed by atoms with Gasteiger partial charge in [0, 0.05) is 55.4 Å². The average molecular weight is 481 g/mol. The summed E-state index contributed by atoms with van der Waals surface area (Å²) in [5, 5.41) is 6.60. The highest BCUT2D eigenvalue weighted by molar-refractivity contribution is 5.67. The lowest BCUT2D eigenvalue weighted by atomic mass is 10.2. The highest BCUT2D eigenvalue weighted by atomic mass is 16.5. The summed E-state index contributed by atoms with van der Waals surface area (Å²) in [6.07, 6.45) is 4.58. The molecule has 186 valence electrons. The number of rotatable bonds is 11. The molecule has 35 heavy (non-hydrogen) atoms. The van der Waals surface area contributed by atoms with E-state index in [1.54, 1.807) is 39.7 Å². The Labute approximate surface area is 205 Å². The summed E-state index contributed by atoms with van der Waals surface area (Å²) in [6, 6.07) is 9.44. The van der Waals surface area contributed by atoms with Gasteiger partial charge in [0.1, 0.15) is 5.82 Å². The molecule has 1 saturated heterocycles. The maximum absolute atomic E-state index is 5.42. The third-order valence-corrected chi connectivity index (χ3v) is 5.70. The summed E-state index contributed by atoms with van der Waals surface area (Å²) in [5.74, 6) is 2.91. The molecular formula is C25H32N6O4. The predicted molar refractivity (Wildman–Crippen MR) is 135 cm³/mol. The topological polar surface area (TPSA) is 103 Å². The van der Waals surface area contributed by atoms with Crippen molar-refractivity contribution in [3.63, 3.8) is 0 Å². The predicted octanol–water partition coefficient (Wildman–Crippen LogP) is 3.44. The molecule has 0 spiro atoms. The van der Waals surface area contributed by atoms with E-state index < -0.39 is 0 Å². The summed E-state index contributed by atoms with van der Waals surface area (Å²) in [7, 11) is 4.72. The van der Waals surface area contributed by atoms with Crippen LogP contribution in [0.1, 0.15) is 6.42 Å². The number of ether oxygens (including phenoxy) is 4. The minimum Gasteiger partial charge on any atom is -0.493 e. The second kappa shape index (κ2) is 12.2. The van der Waals surface area contributed by atoms with Gasteiger partial charge < -0.3 is 29.6 Å². The zero-order valence-corrected chi connectivity index (χ0v) is 20.4. The number of hydrogen-bond acceptors (Lipinski definition) is 10. The van der Waals surface area contributed by atoms with E-state index in [-0.39, 0.29) is 0 Å². The molecule has 0 amide bonds. The van der Waals surface area contributed by atoms with E-state index in [0.717, 1.165) is 62.9 Å². The van der Waals surface area contributed by atoms with E-state index in [4.69, 9.17) is 18.9 Å². The normalized spacial score (nSPS) is 13.8. The monoisotopic (exact) mass is 480 g/mol. The molecule has 2 N–H and O–H groups in total. The molecule has 10 heteroatoms. The first-order valence-electron chi connectivity index (χ1n) is 11.6. The van der Waals surface area contributed by atoms with Crippen LogP contribution >= 0.6 is 0 Å². The smallest absolute Gasteiger partial charge is 0.227 e. The van der Waals surface area contributed by atoms with Gasteiger partial charge in [-0.1, -0.05) is 0 Å². The van der Waals surface area contributed by atoms with Gasteiger partial charge in [-0.2, -0.15) is 0 Å². The first kappa shape index (κ1) is 24.5. The fourth-order valence-corrected chi connectivity index (χ4v) is 3.86. The molecular weight excluding hydrogens is 448 g/mol. The molecule has 10 nitrogen and oxygen atoms in total. The molecule has 1 aromatic carbocycles. The second-order valence-corrected chi connectivity index (χ2v) is 7.97. The molecule has 0 unspecified atom stereocenters. The van der Waals surface area contributed by atoms with Crippen LogP contribution in [0.3, 0.4) is 0 Å². The Morgan fingerprint density at radius 1 is 0.971 bits per heavy atom. The quantitative estimate of drug-likeness (QED) is 0.397. The molecule has 0 aliphatic carbocycles. The number of benzene rings is 1. The standard InChI is InChI=1S/C25H32N6O4/c1-32-21-15-19(16-22(33-2)24(21)34-3)29-25-27-9-7-20(30-25)18-5-6-23(28-17-18)26-8-4-10-31-11-13-35-14-12-31/h5-7,9,15-17H,4,8,10-14H2,1-3H3,(H,26,28)(H,27,29,30). The van der Waals surface area contributed by atoms with Gasteiger partial charge >= 0.3 is 0 Å². The van der Waals surface area contributed by atoms with Crippen molar-refractivity contribution in [1.29, 1.82) is 0 Å². The van der Waals surface area contributed by atoms with Gasteiger partial charge in [-0.15, -0.1) is 0 Å². The number of aromatic nitrogens is 3. The Bertz CT molecular complexity index is 1060. The summed E-state index contributed by atoms with van der Waals surface area (Å²) in [5.41, 5.74) is 2.38. The number of nitrogens with one attached hydrogen (secondary N) is 2. The third-order valence-electron chi connectivity index (χ3n) is 5.70. The Morgan fingerprint density at radius 3 is 2.40 bits per heavy atom. The van der Waals surface area contributed by atoms with Crippen molar-refractivity contribution in [1.82, 2.24) is 19.9 Å². The number of nitrogens with zero attached hydrogens (tertiary/aromatic N) is 4. The molecule has 2 aromatic heterocycles. The third kappa shape index (κ3) is 6.49. The van der Waals surface area contributed by atoms with Crippen LogP contribution in [0.15, 0.2) is 42.7 Å². The van der Waals surface area contributed by atoms with Gasteiger partial charge in [-0.3, -0.25) is 4.90 Å². The van der Waals surface area contributed by atoms with Crippen LogP contribution in [0.5, 0.6) is 17.2 Å². The Hall–Kier alpha value is -3.63. The fourth-order valence-electron chi connectivity index (χ4n) is 3.86. The summed E-state index contributed by atoms with van der Waals surface area (Å²) in [4.78, 5) is 16.0. The van der Waals surface area contributed by atoms with Gasteiger partial charge in [0.15, 0.2) is 11.5 Å². The van der Waals surface area contributed by atoms with Crippen molar-refractivity contribution < 1.29 is 18.9 Å². The number of pyridine rings is 1. The first-order chi connectivity index (χ1) is 17.2. The highest BCUT2D eigenvalue weighted by Crippen LogP contribution is 2.40. The lowest BCUT2D eigenvalue weighted by Gasteiger charge is -2.26. The van der Waals surface area contributed by atoms with Crippen LogP contribution in [0.4, 0.5) is 17.5 Å². The van der Waals surface area contributed by atoms with E-state index >= 15 is 0 Å². The van der Waals surface area contributed by atoms with Crippen LogP contribution in [0, 0.1) is 0 Å². The van der Waals surface area contributed by atoms with E-state index in [1.165, 1.54) is 0 Å². The lowest BCUT2D eigenvalue weighted by Crippen LogP contribution is -2.37.